The first kappa shape index (κ1) is 14.5. The molecule has 96 valence electrons. The molecule has 0 heterocycles. The lowest BCUT2D eigenvalue weighted by molar-refractivity contribution is 0.0469. The molecule has 0 saturated carbocycles. The molecule has 3 nitrogen and oxygen atoms in total. The summed E-state index contributed by atoms with van der Waals surface area (Å²) in [6.45, 7) is 6.77. The van der Waals surface area contributed by atoms with Gasteiger partial charge in [-0.1, -0.05) is 26.0 Å². The van der Waals surface area contributed by atoms with Crippen LogP contribution in [0.2, 0.25) is 0 Å². The SMILES string of the molecule is CC(C)COC(C)c1ccc(S(=O)(=O)Cl)cc1. The van der Waals surface area contributed by atoms with Gasteiger partial charge in [0.1, 0.15) is 0 Å². The third-order valence-electron chi connectivity index (χ3n) is 2.31. The summed E-state index contributed by atoms with van der Waals surface area (Å²) in [5.74, 6) is 0.472. The third-order valence-corrected chi connectivity index (χ3v) is 3.68. The highest BCUT2D eigenvalue weighted by molar-refractivity contribution is 8.13. The van der Waals surface area contributed by atoms with Gasteiger partial charge in [-0.25, -0.2) is 8.42 Å². The van der Waals surface area contributed by atoms with Crippen molar-refractivity contribution in [2.24, 2.45) is 5.92 Å². The maximum absolute atomic E-state index is 11.1. The minimum Gasteiger partial charge on any atom is -0.374 e. The third kappa shape index (κ3) is 4.66. The van der Waals surface area contributed by atoms with E-state index in [2.05, 4.69) is 13.8 Å². The molecule has 0 amide bonds. The topological polar surface area (TPSA) is 43.4 Å². The molecule has 0 aliphatic carbocycles. The molecule has 1 aromatic rings. The minimum absolute atomic E-state index is 0.0514. The fourth-order valence-electron chi connectivity index (χ4n) is 1.33. The van der Waals surface area contributed by atoms with Crippen molar-refractivity contribution in [3.8, 4) is 0 Å². The first-order chi connectivity index (χ1) is 7.80. The van der Waals surface area contributed by atoms with Crippen LogP contribution in [0, 0.1) is 5.92 Å². The summed E-state index contributed by atoms with van der Waals surface area (Å²) in [7, 11) is 1.59. The zero-order valence-corrected chi connectivity index (χ0v) is 11.8. The molecule has 0 aliphatic rings. The van der Waals surface area contributed by atoms with Gasteiger partial charge in [0, 0.05) is 17.3 Å². The van der Waals surface area contributed by atoms with E-state index in [-0.39, 0.29) is 11.0 Å². The van der Waals surface area contributed by atoms with Crippen LogP contribution in [0.4, 0.5) is 0 Å². The maximum Gasteiger partial charge on any atom is 0.261 e. The van der Waals surface area contributed by atoms with E-state index in [1.807, 2.05) is 6.92 Å². The molecule has 0 bridgehead atoms. The fourth-order valence-corrected chi connectivity index (χ4v) is 2.10. The Morgan fingerprint density at radius 2 is 1.71 bits per heavy atom. The first-order valence-electron chi connectivity index (χ1n) is 5.47. The van der Waals surface area contributed by atoms with Crippen LogP contribution < -0.4 is 0 Å². The molecule has 1 unspecified atom stereocenters. The summed E-state index contributed by atoms with van der Waals surface area (Å²) in [5, 5.41) is 0. The van der Waals surface area contributed by atoms with Gasteiger partial charge < -0.3 is 4.74 Å². The Labute approximate surface area is 107 Å². The van der Waals surface area contributed by atoms with Crippen LogP contribution in [-0.4, -0.2) is 15.0 Å². The van der Waals surface area contributed by atoms with Crippen LogP contribution in [0.1, 0.15) is 32.4 Å². The molecule has 0 radical (unpaired) electrons. The quantitative estimate of drug-likeness (QED) is 0.775. The number of ether oxygens (including phenoxy) is 1. The summed E-state index contributed by atoms with van der Waals surface area (Å²) in [5.41, 5.74) is 0.940. The van der Waals surface area contributed by atoms with Gasteiger partial charge in [0.2, 0.25) is 0 Å². The fraction of sp³-hybridized carbons (Fsp3) is 0.500. The predicted molar refractivity (Wildman–Crippen MR) is 68.7 cm³/mol. The van der Waals surface area contributed by atoms with Crippen LogP contribution in [-0.2, 0) is 13.8 Å². The van der Waals surface area contributed by atoms with Gasteiger partial charge in [-0.3, -0.25) is 0 Å². The summed E-state index contributed by atoms with van der Waals surface area (Å²) < 4.78 is 27.8. The predicted octanol–water partition coefficient (Wildman–Crippen LogP) is 3.35. The van der Waals surface area contributed by atoms with Crippen molar-refractivity contribution in [3.05, 3.63) is 29.8 Å². The lowest BCUT2D eigenvalue weighted by atomic mass is 10.1. The zero-order valence-electron chi connectivity index (χ0n) is 10.2. The minimum atomic E-state index is -3.64. The van der Waals surface area contributed by atoms with Crippen molar-refractivity contribution in [1.29, 1.82) is 0 Å². The molecule has 0 saturated heterocycles. The average Bonchev–Trinajstić information content (AvgIpc) is 2.25. The van der Waals surface area contributed by atoms with Crippen LogP contribution in [0.15, 0.2) is 29.2 Å². The molecule has 0 aromatic heterocycles. The van der Waals surface area contributed by atoms with E-state index in [0.717, 1.165) is 5.56 Å². The zero-order chi connectivity index (χ0) is 13.1. The van der Waals surface area contributed by atoms with Gasteiger partial charge in [-0.15, -0.1) is 0 Å². The summed E-state index contributed by atoms with van der Waals surface area (Å²) in [6, 6.07) is 6.43. The van der Waals surface area contributed by atoms with Gasteiger partial charge in [0.25, 0.3) is 9.05 Å². The Morgan fingerprint density at radius 3 is 2.12 bits per heavy atom. The normalized spacial score (nSPS) is 13.9. The van der Waals surface area contributed by atoms with Crippen LogP contribution in [0.3, 0.4) is 0 Å². The molecule has 0 aliphatic heterocycles. The van der Waals surface area contributed by atoms with Crippen molar-refractivity contribution in [2.45, 2.75) is 31.8 Å². The highest BCUT2D eigenvalue weighted by Crippen LogP contribution is 2.21. The van der Waals surface area contributed by atoms with Crippen molar-refractivity contribution in [3.63, 3.8) is 0 Å². The van der Waals surface area contributed by atoms with Gasteiger partial charge in [0.15, 0.2) is 0 Å². The van der Waals surface area contributed by atoms with Crippen molar-refractivity contribution in [1.82, 2.24) is 0 Å². The molecular weight excluding hydrogens is 260 g/mol. The monoisotopic (exact) mass is 276 g/mol. The van der Waals surface area contributed by atoms with E-state index in [1.54, 1.807) is 12.1 Å². The number of rotatable bonds is 5. The van der Waals surface area contributed by atoms with Gasteiger partial charge in [-0.2, -0.15) is 0 Å². The van der Waals surface area contributed by atoms with E-state index in [0.29, 0.717) is 12.5 Å². The van der Waals surface area contributed by atoms with Crippen molar-refractivity contribution in [2.75, 3.05) is 6.61 Å². The molecule has 0 N–H and O–H groups in total. The largest absolute Gasteiger partial charge is 0.374 e. The Kier molecular flexibility index (Phi) is 4.98. The summed E-state index contributed by atoms with van der Waals surface area (Å²) >= 11 is 0. The van der Waals surface area contributed by atoms with Crippen LogP contribution >= 0.6 is 10.7 Å². The number of hydrogen-bond donors (Lipinski definition) is 0. The summed E-state index contributed by atoms with van der Waals surface area (Å²) in [4.78, 5) is 0.110. The molecule has 0 fully saturated rings. The van der Waals surface area contributed by atoms with E-state index >= 15 is 0 Å². The molecule has 5 heteroatoms. The second-order valence-electron chi connectivity index (χ2n) is 4.38. The molecule has 17 heavy (non-hydrogen) atoms. The van der Waals surface area contributed by atoms with Gasteiger partial charge in [-0.05, 0) is 30.5 Å². The highest BCUT2D eigenvalue weighted by atomic mass is 35.7. The number of benzene rings is 1. The highest BCUT2D eigenvalue weighted by Gasteiger charge is 2.11. The van der Waals surface area contributed by atoms with Crippen molar-refractivity contribution >= 4 is 19.7 Å². The van der Waals surface area contributed by atoms with E-state index in [4.69, 9.17) is 15.4 Å². The number of hydrogen-bond acceptors (Lipinski definition) is 3. The van der Waals surface area contributed by atoms with E-state index in [1.165, 1.54) is 12.1 Å². The van der Waals surface area contributed by atoms with E-state index < -0.39 is 9.05 Å². The molecular formula is C12H17ClO3S. The molecule has 1 aromatic carbocycles. The lowest BCUT2D eigenvalue weighted by Crippen LogP contribution is -2.06. The Morgan fingerprint density at radius 1 is 1.18 bits per heavy atom. The van der Waals surface area contributed by atoms with Crippen LogP contribution in [0.25, 0.3) is 0 Å². The smallest absolute Gasteiger partial charge is 0.261 e. The Balaban J connectivity index is 2.74. The summed E-state index contributed by atoms with van der Waals surface area (Å²) in [6.07, 6.45) is -0.0514. The molecule has 0 spiro atoms. The lowest BCUT2D eigenvalue weighted by Gasteiger charge is -2.15. The number of halogens is 1. The van der Waals surface area contributed by atoms with Crippen molar-refractivity contribution < 1.29 is 13.2 Å². The van der Waals surface area contributed by atoms with E-state index in [9.17, 15) is 8.42 Å². The second-order valence-corrected chi connectivity index (χ2v) is 6.94. The Bertz CT molecular complexity index is 451. The Hall–Kier alpha value is -0.580. The first-order valence-corrected chi connectivity index (χ1v) is 7.78. The maximum atomic E-state index is 11.1. The van der Waals surface area contributed by atoms with Gasteiger partial charge >= 0.3 is 0 Å². The van der Waals surface area contributed by atoms with Crippen LogP contribution in [0.5, 0.6) is 0 Å². The molecule has 1 atom stereocenters. The second kappa shape index (κ2) is 5.85. The van der Waals surface area contributed by atoms with Gasteiger partial charge in [0.05, 0.1) is 11.0 Å². The standard InChI is InChI=1S/C12H17ClO3S/c1-9(2)8-16-10(3)11-4-6-12(7-5-11)17(13,14)15/h4-7,9-10H,8H2,1-3H3. The molecule has 1 rings (SSSR count). The average molecular weight is 277 g/mol.